The Labute approximate surface area is 93.9 Å². The average Bonchev–Trinajstić information content (AvgIpc) is 2.20. The zero-order valence-corrected chi connectivity index (χ0v) is 8.65. The van der Waals surface area contributed by atoms with Crippen LogP contribution in [0.5, 0.6) is 5.75 Å². The Morgan fingerprint density at radius 3 is 2.50 bits per heavy atom. The Hall–Kier alpha value is -1.01. The van der Waals surface area contributed by atoms with Crippen molar-refractivity contribution in [3.05, 3.63) is 28.8 Å². The van der Waals surface area contributed by atoms with E-state index in [4.69, 9.17) is 17.3 Å². The lowest BCUT2D eigenvalue weighted by molar-refractivity contribution is -0.0571. The molecule has 90 valence electrons. The van der Waals surface area contributed by atoms with Gasteiger partial charge in [0.15, 0.2) is 0 Å². The number of rotatable bonds is 4. The molecule has 0 radical (unpaired) electrons. The predicted octanol–water partition coefficient (Wildman–Crippen LogP) is 2.99. The van der Waals surface area contributed by atoms with Crippen LogP contribution in [-0.2, 0) is 5.92 Å². The molecule has 1 aromatic carbocycles. The van der Waals surface area contributed by atoms with E-state index in [2.05, 4.69) is 4.74 Å². The normalized spacial score (nSPS) is 11.9. The first-order valence-electron chi connectivity index (χ1n) is 4.19. The molecule has 1 aromatic rings. The van der Waals surface area contributed by atoms with Crippen molar-refractivity contribution in [2.24, 2.45) is 5.73 Å². The standard InChI is InChI=1S/C9H8ClF4NO/c10-5-1-2-7(16-8(11)12)6(3-5)9(13,14)4-15/h1-3,8H,4,15H2. The van der Waals surface area contributed by atoms with E-state index in [1.165, 1.54) is 6.07 Å². The van der Waals surface area contributed by atoms with Gasteiger partial charge >= 0.3 is 6.61 Å². The van der Waals surface area contributed by atoms with Crippen LogP contribution in [0.15, 0.2) is 18.2 Å². The summed E-state index contributed by atoms with van der Waals surface area (Å²) in [4.78, 5) is 0. The smallest absolute Gasteiger partial charge is 0.387 e. The Morgan fingerprint density at radius 1 is 1.38 bits per heavy atom. The minimum absolute atomic E-state index is 0.00950. The van der Waals surface area contributed by atoms with Gasteiger partial charge < -0.3 is 10.5 Å². The summed E-state index contributed by atoms with van der Waals surface area (Å²) in [5.74, 6) is -4.09. The number of hydrogen-bond acceptors (Lipinski definition) is 2. The number of ether oxygens (including phenoxy) is 1. The van der Waals surface area contributed by atoms with E-state index < -0.39 is 30.4 Å². The molecule has 0 aromatic heterocycles. The fourth-order valence-corrected chi connectivity index (χ4v) is 1.27. The molecule has 0 fully saturated rings. The lowest BCUT2D eigenvalue weighted by Crippen LogP contribution is -2.26. The fraction of sp³-hybridized carbons (Fsp3) is 0.333. The van der Waals surface area contributed by atoms with Crippen LogP contribution in [0, 0.1) is 0 Å². The zero-order valence-electron chi connectivity index (χ0n) is 7.89. The highest BCUT2D eigenvalue weighted by Crippen LogP contribution is 2.36. The topological polar surface area (TPSA) is 35.2 Å². The van der Waals surface area contributed by atoms with E-state index in [-0.39, 0.29) is 5.02 Å². The lowest BCUT2D eigenvalue weighted by Gasteiger charge is -2.18. The van der Waals surface area contributed by atoms with Crippen molar-refractivity contribution in [2.75, 3.05) is 6.54 Å². The fourth-order valence-electron chi connectivity index (χ4n) is 1.10. The molecule has 0 amide bonds. The summed E-state index contributed by atoms with van der Waals surface area (Å²) < 4.78 is 54.4. The number of alkyl halides is 4. The Balaban J connectivity index is 3.18. The second kappa shape index (κ2) is 4.88. The SMILES string of the molecule is NCC(F)(F)c1cc(Cl)ccc1OC(F)F. The van der Waals surface area contributed by atoms with E-state index in [0.29, 0.717) is 0 Å². The average molecular weight is 258 g/mol. The molecule has 2 N–H and O–H groups in total. The molecule has 0 spiro atoms. The third kappa shape index (κ3) is 2.99. The summed E-state index contributed by atoms with van der Waals surface area (Å²) in [5, 5.41) is -0.00950. The second-order valence-corrected chi connectivity index (χ2v) is 3.36. The summed E-state index contributed by atoms with van der Waals surface area (Å²) in [6.07, 6.45) is 0. The highest BCUT2D eigenvalue weighted by Gasteiger charge is 2.34. The van der Waals surface area contributed by atoms with E-state index in [9.17, 15) is 17.6 Å². The summed E-state index contributed by atoms with van der Waals surface area (Å²) in [6.45, 7) is -4.21. The molecule has 16 heavy (non-hydrogen) atoms. The van der Waals surface area contributed by atoms with Crippen molar-refractivity contribution >= 4 is 11.6 Å². The lowest BCUT2D eigenvalue weighted by atomic mass is 10.1. The van der Waals surface area contributed by atoms with Gasteiger partial charge in [-0.1, -0.05) is 11.6 Å². The van der Waals surface area contributed by atoms with Gasteiger partial charge in [0.1, 0.15) is 5.75 Å². The van der Waals surface area contributed by atoms with Crippen LogP contribution in [0.25, 0.3) is 0 Å². The first-order valence-corrected chi connectivity index (χ1v) is 4.57. The third-order valence-corrected chi connectivity index (χ3v) is 2.04. The molecule has 0 heterocycles. The van der Waals surface area contributed by atoms with Crippen molar-refractivity contribution in [1.82, 2.24) is 0 Å². The molecule has 0 aliphatic carbocycles. The van der Waals surface area contributed by atoms with E-state index in [0.717, 1.165) is 12.1 Å². The van der Waals surface area contributed by atoms with Gasteiger partial charge in [0.25, 0.3) is 5.92 Å². The summed E-state index contributed by atoms with van der Waals surface area (Å²) in [7, 11) is 0. The van der Waals surface area contributed by atoms with Crippen LogP contribution in [0.1, 0.15) is 5.56 Å². The van der Waals surface area contributed by atoms with Crippen molar-refractivity contribution < 1.29 is 22.3 Å². The van der Waals surface area contributed by atoms with Crippen LogP contribution < -0.4 is 10.5 Å². The largest absolute Gasteiger partial charge is 0.434 e. The maximum absolute atomic E-state index is 13.3. The third-order valence-electron chi connectivity index (χ3n) is 1.81. The molecule has 1 rings (SSSR count). The quantitative estimate of drug-likeness (QED) is 0.842. The molecule has 0 aliphatic heterocycles. The van der Waals surface area contributed by atoms with E-state index in [1.807, 2.05) is 0 Å². The Bertz CT molecular complexity index is 373. The minimum atomic E-state index is -3.46. The van der Waals surface area contributed by atoms with Gasteiger partial charge in [-0.3, -0.25) is 0 Å². The van der Waals surface area contributed by atoms with Gasteiger partial charge in [-0.15, -0.1) is 0 Å². The highest BCUT2D eigenvalue weighted by molar-refractivity contribution is 6.30. The zero-order chi connectivity index (χ0) is 12.3. The molecule has 0 saturated heterocycles. The van der Waals surface area contributed by atoms with Gasteiger partial charge in [-0.2, -0.15) is 17.6 Å². The van der Waals surface area contributed by atoms with Crippen molar-refractivity contribution in [1.29, 1.82) is 0 Å². The molecule has 2 nitrogen and oxygen atoms in total. The van der Waals surface area contributed by atoms with Crippen LogP contribution in [0.4, 0.5) is 17.6 Å². The molecular weight excluding hydrogens is 250 g/mol. The number of nitrogens with two attached hydrogens (primary N) is 1. The molecule has 0 aliphatic rings. The van der Waals surface area contributed by atoms with Crippen LogP contribution in [0.2, 0.25) is 5.02 Å². The molecule has 0 atom stereocenters. The van der Waals surface area contributed by atoms with E-state index >= 15 is 0 Å². The Kier molecular flexibility index (Phi) is 3.98. The maximum Gasteiger partial charge on any atom is 0.387 e. The van der Waals surface area contributed by atoms with Crippen molar-refractivity contribution in [2.45, 2.75) is 12.5 Å². The molecule has 0 saturated carbocycles. The van der Waals surface area contributed by atoms with Crippen LogP contribution in [0.3, 0.4) is 0 Å². The summed E-state index contributed by atoms with van der Waals surface area (Å²) >= 11 is 5.50. The van der Waals surface area contributed by atoms with E-state index in [1.54, 1.807) is 0 Å². The van der Waals surface area contributed by atoms with Gasteiger partial charge in [0.2, 0.25) is 0 Å². The second-order valence-electron chi connectivity index (χ2n) is 2.93. The van der Waals surface area contributed by atoms with Crippen LogP contribution in [-0.4, -0.2) is 13.2 Å². The monoisotopic (exact) mass is 257 g/mol. The van der Waals surface area contributed by atoms with Crippen molar-refractivity contribution in [3.8, 4) is 5.75 Å². The van der Waals surface area contributed by atoms with Gasteiger partial charge in [0, 0.05) is 5.02 Å². The first kappa shape index (κ1) is 13.1. The van der Waals surface area contributed by atoms with Gasteiger partial charge in [-0.25, -0.2) is 0 Å². The molecule has 7 heteroatoms. The van der Waals surface area contributed by atoms with Gasteiger partial charge in [0.05, 0.1) is 12.1 Å². The molecule has 0 bridgehead atoms. The Morgan fingerprint density at radius 2 is 2.00 bits per heavy atom. The number of hydrogen-bond donors (Lipinski definition) is 1. The van der Waals surface area contributed by atoms with Gasteiger partial charge in [-0.05, 0) is 18.2 Å². The highest BCUT2D eigenvalue weighted by atomic mass is 35.5. The number of halogens is 5. The first-order chi connectivity index (χ1) is 7.36. The minimum Gasteiger partial charge on any atom is -0.434 e. The molecule has 0 unspecified atom stereocenters. The summed E-state index contributed by atoms with van der Waals surface area (Å²) in [6, 6.07) is 2.98. The maximum atomic E-state index is 13.3. The number of benzene rings is 1. The predicted molar refractivity (Wildman–Crippen MR) is 51.0 cm³/mol. The molecular formula is C9H8ClF4NO. The van der Waals surface area contributed by atoms with Crippen molar-refractivity contribution in [3.63, 3.8) is 0 Å². The summed E-state index contributed by atoms with van der Waals surface area (Å²) in [5.41, 5.74) is 4.10. The van der Waals surface area contributed by atoms with Crippen LogP contribution >= 0.6 is 11.6 Å².